The maximum Gasteiger partial charge on any atom is 0.267 e. The molecule has 0 bridgehead atoms. The molecule has 4 rings (SSSR count). The van der Waals surface area contributed by atoms with E-state index < -0.39 is 0 Å². The van der Waals surface area contributed by atoms with Crippen molar-refractivity contribution >= 4 is 28.4 Å². The van der Waals surface area contributed by atoms with E-state index in [-0.39, 0.29) is 11.5 Å². The molecule has 0 saturated carbocycles. The van der Waals surface area contributed by atoms with Gasteiger partial charge in [0.2, 0.25) is 5.78 Å². The van der Waals surface area contributed by atoms with Gasteiger partial charge in [-0.2, -0.15) is 0 Å². The zero-order valence-electron chi connectivity index (χ0n) is 16.2. The molecular formula is C22H22N4OS. The molecule has 142 valence electrons. The van der Waals surface area contributed by atoms with E-state index in [2.05, 4.69) is 36.7 Å². The molecule has 0 spiro atoms. The van der Waals surface area contributed by atoms with Crippen molar-refractivity contribution in [1.82, 2.24) is 19.2 Å². The highest BCUT2D eigenvalue weighted by Gasteiger charge is 2.19. The molecule has 4 aromatic rings. The number of hydrogen-bond donors (Lipinski definition) is 0. The van der Waals surface area contributed by atoms with Crippen LogP contribution < -0.4 is 5.56 Å². The maximum atomic E-state index is 13.5. The van der Waals surface area contributed by atoms with Crippen LogP contribution in [0.15, 0.2) is 70.6 Å². The first-order valence-corrected chi connectivity index (χ1v) is 10.2. The highest BCUT2D eigenvalue weighted by Crippen LogP contribution is 2.27. The molecule has 2 aromatic carbocycles. The summed E-state index contributed by atoms with van der Waals surface area (Å²) in [6, 6.07) is 15.6. The fraction of sp³-hybridized carbons (Fsp3) is 0.227. The Bertz CT molecular complexity index is 1250. The Kier molecular flexibility index (Phi) is 4.81. The minimum absolute atomic E-state index is 0.0833. The van der Waals surface area contributed by atoms with Crippen LogP contribution in [0.1, 0.15) is 32.3 Å². The van der Waals surface area contributed by atoms with Crippen LogP contribution in [-0.4, -0.2) is 24.9 Å². The van der Waals surface area contributed by atoms with E-state index in [4.69, 9.17) is 0 Å². The van der Waals surface area contributed by atoms with Crippen molar-refractivity contribution in [3.05, 3.63) is 76.6 Å². The van der Waals surface area contributed by atoms with Crippen LogP contribution in [0.5, 0.6) is 0 Å². The van der Waals surface area contributed by atoms with E-state index in [1.165, 1.54) is 0 Å². The van der Waals surface area contributed by atoms with Crippen molar-refractivity contribution in [3.63, 3.8) is 0 Å². The first-order valence-electron chi connectivity index (χ1n) is 9.24. The predicted octanol–water partition coefficient (Wildman–Crippen LogP) is 4.83. The molecule has 0 saturated heterocycles. The van der Waals surface area contributed by atoms with E-state index >= 15 is 0 Å². The minimum Gasteiger partial charge on any atom is -0.268 e. The number of nitrogens with zero attached hydrogens (tertiary/aromatic N) is 4. The standard InChI is InChI=1S/C22H22N4OS/c1-14(2)13-28-22-24-23-21-25(18-11-7-5-9-16(18)15(3)4)20(27)17-10-6-8-12-19(17)26(21)22/h5-12,15H,1,13H2,2-4H3. The van der Waals surface area contributed by atoms with E-state index in [1.807, 2.05) is 53.8 Å². The smallest absolute Gasteiger partial charge is 0.267 e. The summed E-state index contributed by atoms with van der Waals surface area (Å²) >= 11 is 1.57. The van der Waals surface area contributed by atoms with Crippen molar-refractivity contribution in [1.29, 1.82) is 0 Å². The molecule has 6 heteroatoms. The number of para-hydroxylation sites is 2. The second kappa shape index (κ2) is 7.28. The third-order valence-electron chi connectivity index (χ3n) is 4.64. The minimum atomic E-state index is -0.0833. The van der Waals surface area contributed by atoms with Gasteiger partial charge in [-0.1, -0.05) is 68.1 Å². The average Bonchev–Trinajstić information content (AvgIpc) is 3.10. The SMILES string of the molecule is C=C(C)CSc1nnc2n(-c3ccccc3C(C)C)c(=O)c3ccccc3n12. The molecule has 0 unspecified atom stereocenters. The molecular weight excluding hydrogens is 368 g/mol. The van der Waals surface area contributed by atoms with Crippen molar-refractivity contribution in [3.8, 4) is 5.69 Å². The van der Waals surface area contributed by atoms with E-state index in [0.717, 1.165) is 33.2 Å². The Morgan fingerprint density at radius 1 is 1.11 bits per heavy atom. The Hall–Kier alpha value is -2.86. The first-order chi connectivity index (χ1) is 13.5. The molecule has 28 heavy (non-hydrogen) atoms. The summed E-state index contributed by atoms with van der Waals surface area (Å²) in [7, 11) is 0. The lowest BCUT2D eigenvalue weighted by Crippen LogP contribution is -2.23. The number of hydrogen-bond acceptors (Lipinski definition) is 4. The van der Waals surface area contributed by atoms with Crippen LogP contribution >= 0.6 is 11.8 Å². The van der Waals surface area contributed by atoms with Gasteiger partial charge in [-0.15, -0.1) is 10.2 Å². The van der Waals surface area contributed by atoms with Gasteiger partial charge in [0.25, 0.3) is 5.56 Å². The third kappa shape index (κ3) is 3.03. The largest absolute Gasteiger partial charge is 0.268 e. The van der Waals surface area contributed by atoms with Crippen LogP contribution in [0.3, 0.4) is 0 Å². The number of rotatable bonds is 5. The summed E-state index contributed by atoms with van der Waals surface area (Å²) < 4.78 is 3.66. The van der Waals surface area contributed by atoms with Crippen LogP contribution in [0.2, 0.25) is 0 Å². The van der Waals surface area contributed by atoms with Crippen molar-refractivity contribution in [2.75, 3.05) is 5.75 Å². The van der Waals surface area contributed by atoms with Crippen LogP contribution in [0.25, 0.3) is 22.4 Å². The molecule has 0 amide bonds. The Morgan fingerprint density at radius 3 is 2.57 bits per heavy atom. The first kappa shape index (κ1) is 18.5. The average molecular weight is 391 g/mol. The van der Waals surface area contributed by atoms with Crippen molar-refractivity contribution in [2.45, 2.75) is 31.8 Å². The molecule has 0 aliphatic carbocycles. The number of fused-ring (bicyclic) bond motifs is 3. The van der Waals surface area contributed by atoms with Gasteiger partial charge in [0.1, 0.15) is 0 Å². The summed E-state index contributed by atoms with van der Waals surface area (Å²) in [6.07, 6.45) is 0. The van der Waals surface area contributed by atoms with Gasteiger partial charge in [0, 0.05) is 5.75 Å². The molecule has 0 radical (unpaired) electrons. The number of thioether (sulfide) groups is 1. The molecule has 0 N–H and O–H groups in total. The summed E-state index contributed by atoms with van der Waals surface area (Å²) in [5.74, 6) is 1.55. The Morgan fingerprint density at radius 2 is 1.82 bits per heavy atom. The van der Waals surface area contributed by atoms with E-state index in [1.54, 1.807) is 16.3 Å². The van der Waals surface area contributed by atoms with Gasteiger partial charge in [-0.05, 0) is 36.6 Å². The molecule has 0 fully saturated rings. The second-order valence-corrected chi connectivity index (χ2v) is 8.18. The lowest BCUT2D eigenvalue weighted by molar-refractivity contribution is 0.837. The van der Waals surface area contributed by atoms with Gasteiger partial charge in [-0.25, -0.2) is 4.57 Å². The quantitative estimate of drug-likeness (QED) is 0.362. The van der Waals surface area contributed by atoms with Gasteiger partial charge < -0.3 is 0 Å². The Balaban J connectivity index is 2.11. The molecule has 2 aromatic heterocycles. The van der Waals surface area contributed by atoms with E-state index in [9.17, 15) is 4.79 Å². The molecule has 0 aliphatic heterocycles. The van der Waals surface area contributed by atoms with E-state index in [0.29, 0.717) is 11.2 Å². The molecule has 2 heterocycles. The third-order valence-corrected chi connectivity index (χ3v) is 5.80. The van der Waals surface area contributed by atoms with Gasteiger partial charge in [0.15, 0.2) is 5.16 Å². The van der Waals surface area contributed by atoms with Gasteiger partial charge >= 0.3 is 0 Å². The normalized spacial score (nSPS) is 11.6. The van der Waals surface area contributed by atoms with Crippen molar-refractivity contribution in [2.24, 2.45) is 0 Å². The number of benzene rings is 2. The molecule has 0 atom stereocenters. The van der Waals surface area contributed by atoms with Crippen LogP contribution in [-0.2, 0) is 0 Å². The second-order valence-electron chi connectivity index (χ2n) is 7.23. The topological polar surface area (TPSA) is 52.2 Å². The predicted molar refractivity (Wildman–Crippen MR) is 116 cm³/mol. The monoisotopic (exact) mass is 390 g/mol. The molecule has 0 aliphatic rings. The zero-order chi connectivity index (χ0) is 19.8. The summed E-state index contributed by atoms with van der Waals surface area (Å²) in [5.41, 5.74) is 3.74. The lowest BCUT2D eigenvalue weighted by Gasteiger charge is -2.16. The number of aromatic nitrogens is 4. The Labute approximate surface area is 167 Å². The van der Waals surface area contributed by atoms with Crippen LogP contribution in [0.4, 0.5) is 0 Å². The highest BCUT2D eigenvalue weighted by molar-refractivity contribution is 7.99. The fourth-order valence-corrected chi connectivity index (χ4v) is 4.14. The fourth-order valence-electron chi connectivity index (χ4n) is 3.36. The summed E-state index contributed by atoms with van der Waals surface area (Å²) in [6.45, 7) is 10.2. The summed E-state index contributed by atoms with van der Waals surface area (Å²) in [5, 5.41) is 10.2. The maximum absolute atomic E-state index is 13.5. The van der Waals surface area contributed by atoms with Gasteiger partial charge in [-0.3, -0.25) is 9.20 Å². The molecule has 5 nitrogen and oxygen atoms in total. The van der Waals surface area contributed by atoms with Crippen molar-refractivity contribution < 1.29 is 0 Å². The zero-order valence-corrected chi connectivity index (χ0v) is 17.0. The highest BCUT2D eigenvalue weighted by atomic mass is 32.2. The van der Waals surface area contributed by atoms with Gasteiger partial charge in [0.05, 0.1) is 16.6 Å². The lowest BCUT2D eigenvalue weighted by atomic mass is 10.0. The van der Waals surface area contributed by atoms with Crippen LogP contribution in [0, 0.1) is 0 Å². The summed E-state index contributed by atoms with van der Waals surface area (Å²) in [4.78, 5) is 13.5.